The van der Waals surface area contributed by atoms with Crippen LogP contribution in [0.5, 0.6) is 5.75 Å². The smallest absolute Gasteiger partial charge is 0.374 e. The summed E-state index contributed by atoms with van der Waals surface area (Å²) in [5.74, 6) is -0.340. The van der Waals surface area contributed by atoms with E-state index < -0.39 is 5.97 Å². The van der Waals surface area contributed by atoms with Crippen LogP contribution in [0.1, 0.15) is 35.9 Å². The van der Waals surface area contributed by atoms with E-state index in [9.17, 15) is 4.79 Å². The summed E-state index contributed by atoms with van der Waals surface area (Å²) in [6.45, 7) is 4.13. The highest BCUT2D eigenvalue weighted by molar-refractivity contribution is 5.86. The van der Waals surface area contributed by atoms with Crippen molar-refractivity contribution in [3.63, 3.8) is 0 Å². The lowest BCUT2D eigenvalue weighted by Crippen LogP contribution is -1.96. The van der Waals surface area contributed by atoms with Gasteiger partial charge in [-0.1, -0.05) is 31.1 Å². The molecule has 0 unspecified atom stereocenters. The lowest BCUT2D eigenvalue weighted by molar-refractivity contribution is 0.0652. The first-order chi connectivity index (χ1) is 9.04. The van der Waals surface area contributed by atoms with Crippen LogP contribution in [0.25, 0.3) is 11.3 Å². The first kappa shape index (κ1) is 13.1. The minimum absolute atomic E-state index is 0.188. The fourth-order valence-electron chi connectivity index (χ4n) is 1.94. The van der Waals surface area contributed by atoms with Crippen LogP contribution < -0.4 is 4.74 Å². The van der Waals surface area contributed by atoms with Crippen LogP contribution in [0, 0.1) is 0 Å². The zero-order chi connectivity index (χ0) is 14.0. The van der Waals surface area contributed by atoms with Gasteiger partial charge in [0.05, 0.1) is 7.11 Å². The molecule has 0 radical (unpaired) electrons. The number of carboxylic acid groups (broad SMARTS) is 1. The highest BCUT2D eigenvalue weighted by Gasteiger charge is 2.18. The average Bonchev–Trinajstić information content (AvgIpc) is 2.87. The van der Waals surface area contributed by atoms with Gasteiger partial charge in [-0.25, -0.2) is 4.79 Å². The zero-order valence-electron chi connectivity index (χ0n) is 11.0. The Morgan fingerprint density at radius 3 is 2.68 bits per heavy atom. The third kappa shape index (κ3) is 2.45. The van der Waals surface area contributed by atoms with Gasteiger partial charge in [0.25, 0.3) is 0 Å². The number of aromatic carboxylic acids is 1. The SMILES string of the molecule is COc1c(-c2cc(C(=O)O)on2)cccc1C(C)C. The van der Waals surface area contributed by atoms with E-state index in [1.54, 1.807) is 7.11 Å². The van der Waals surface area contributed by atoms with Crippen LogP contribution in [0.15, 0.2) is 28.8 Å². The molecule has 0 fully saturated rings. The van der Waals surface area contributed by atoms with Crippen LogP contribution in [-0.4, -0.2) is 23.3 Å². The standard InChI is InChI=1S/C14H15NO4/c1-8(2)9-5-4-6-10(13(9)18-3)11-7-12(14(16)17)19-15-11/h4-8H,1-3H3,(H,16,17). The molecule has 0 saturated heterocycles. The molecule has 0 bridgehead atoms. The molecule has 0 aliphatic rings. The molecule has 1 heterocycles. The number of carboxylic acids is 1. The summed E-state index contributed by atoms with van der Waals surface area (Å²) in [5, 5.41) is 12.6. The maximum absolute atomic E-state index is 10.8. The number of nitrogens with zero attached hydrogens (tertiary/aromatic N) is 1. The molecule has 1 N–H and O–H groups in total. The molecule has 0 spiro atoms. The van der Waals surface area contributed by atoms with Crippen molar-refractivity contribution < 1.29 is 19.2 Å². The second-order valence-electron chi connectivity index (χ2n) is 4.46. The van der Waals surface area contributed by atoms with Gasteiger partial charge in [-0.15, -0.1) is 0 Å². The predicted octanol–water partition coefficient (Wildman–Crippen LogP) is 3.17. The molecule has 0 atom stereocenters. The van der Waals surface area contributed by atoms with E-state index in [0.717, 1.165) is 11.1 Å². The summed E-state index contributed by atoms with van der Waals surface area (Å²) >= 11 is 0. The topological polar surface area (TPSA) is 72.6 Å². The number of hydrogen-bond acceptors (Lipinski definition) is 4. The molecule has 19 heavy (non-hydrogen) atoms. The van der Waals surface area contributed by atoms with Crippen LogP contribution in [0.4, 0.5) is 0 Å². The minimum atomic E-state index is -1.14. The molecule has 0 aliphatic carbocycles. The quantitative estimate of drug-likeness (QED) is 0.915. The number of carbonyl (C=O) groups is 1. The first-order valence-electron chi connectivity index (χ1n) is 5.92. The summed E-state index contributed by atoms with van der Waals surface area (Å²) in [6, 6.07) is 7.09. The number of hydrogen-bond donors (Lipinski definition) is 1. The van der Waals surface area contributed by atoms with Gasteiger partial charge in [0.2, 0.25) is 5.76 Å². The number of methoxy groups -OCH3 is 1. The second kappa shape index (κ2) is 5.14. The Morgan fingerprint density at radius 1 is 1.42 bits per heavy atom. The Morgan fingerprint density at radius 2 is 2.16 bits per heavy atom. The van der Waals surface area contributed by atoms with Gasteiger partial charge < -0.3 is 14.4 Å². The number of ether oxygens (including phenoxy) is 1. The number of para-hydroxylation sites is 1. The van der Waals surface area contributed by atoms with Crippen molar-refractivity contribution in [3.05, 3.63) is 35.6 Å². The van der Waals surface area contributed by atoms with Gasteiger partial charge in [-0.3, -0.25) is 0 Å². The van der Waals surface area contributed by atoms with Crippen molar-refractivity contribution in [2.24, 2.45) is 0 Å². The highest BCUT2D eigenvalue weighted by Crippen LogP contribution is 2.36. The van der Waals surface area contributed by atoms with Crippen LogP contribution in [-0.2, 0) is 0 Å². The van der Waals surface area contributed by atoms with Gasteiger partial charge in [0, 0.05) is 11.6 Å². The second-order valence-corrected chi connectivity index (χ2v) is 4.46. The molecule has 1 aromatic carbocycles. The van der Waals surface area contributed by atoms with E-state index in [2.05, 4.69) is 19.0 Å². The molecule has 1 aromatic heterocycles. The molecular formula is C14H15NO4. The van der Waals surface area contributed by atoms with E-state index in [4.69, 9.17) is 14.4 Å². The van der Waals surface area contributed by atoms with E-state index in [-0.39, 0.29) is 5.76 Å². The van der Waals surface area contributed by atoms with Crippen molar-refractivity contribution in [2.45, 2.75) is 19.8 Å². The Labute approximate surface area is 110 Å². The minimum Gasteiger partial charge on any atom is -0.496 e. The monoisotopic (exact) mass is 261 g/mol. The largest absolute Gasteiger partial charge is 0.496 e. The molecular weight excluding hydrogens is 246 g/mol. The maximum Gasteiger partial charge on any atom is 0.374 e. The van der Waals surface area contributed by atoms with E-state index in [1.807, 2.05) is 18.2 Å². The van der Waals surface area contributed by atoms with E-state index >= 15 is 0 Å². The van der Waals surface area contributed by atoms with Crippen LogP contribution >= 0.6 is 0 Å². The molecule has 2 rings (SSSR count). The summed E-state index contributed by atoms with van der Waals surface area (Å²) < 4.78 is 10.2. The van der Waals surface area contributed by atoms with Crippen LogP contribution in [0.3, 0.4) is 0 Å². The fourth-order valence-corrected chi connectivity index (χ4v) is 1.94. The Hall–Kier alpha value is -2.30. The molecule has 5 heteroatoms. The zero-order valence-corrected chi connectivity index (χ0v) is 11.0. The molecule has 0 saturated carbocycles. The van der Waals surface area contributed by atoms with Gasteiger partial charge in [-0.2, -0.15) is 0 Å². The summed E-state index contributed by atoms with van der Waals surface area (Å²) in [5.41, 5.74) is 2.22. The van der Waals surface area contributed by atoms with Gasteiger partial charge in [0.15, 0.2) is 0 Å². The molecule has 0 aliphatic heterocycles. The van der Waals surface area contributed by atoms with Crippen LogP contribution in [0.2, 0.25) is 0 Å². The Kier molecular flexibility index (Phi) is 3.55. The number of rotatable bonds is 4. The lowest BCUT2D eigenvalue weighted by atomic mass is 9.98. The lowest BCUT2D eigenvalue weighted by Gasteiger charge is -2.14. The van der Waals surface area contributed by atoms with Gasteiger partial charge in [-0.05, 0) is 17.5 Å². The Balaban J connectivity index is 2.54. The van der Waals surface area contributed by atoms with Gasteiger partial charge in [0.1, 0.15) is 11.4 Å². The third-order valence-electron chi connectivity index (χ3n) is 2.87. The first-order valence-corrected chi connectivity index (χ1v) is 5.92. The van der Waals surface area contributed by atoms with E-state index in [1.165, 1.54) is 6.07 Å². The maximum atomic E-state index is 10.8. The van der Waals surface area contributed by atoms with Gasteiger partial charge >= 0.3 is 5.97 Å². The fraction of sp³-hybridized carbons (Fsp3) is 0.286. The number of benzene rings is 1. The van der Waals surface area contributed by atoms with Crippen molar-refractivity contribution in [1.29, 1.82) is 0 Å². The molecule has 100 valence electrons. The third-order valence-corrected chi connectivity index (χ3v) is 2.87. The average molecular weight is 261 g/mol. The summed E-state index contributed by atoms with van der Waals surface area (Å²) in [7, 11) is 1.59. The predicted molar refractivity (Wildman–Crippen MR) is 69.5 cm³/mol. The normalized spacial score (nSPS) is 10.7. The molecule has 2 aromatic rings. The van der Waals surface area contributed by atoms with Crippen molar-refractivity contribution in [3.8, 4) is 17.0 Å². The van der Waals surface area contributed by atoms with Crippen molar-refractivity contribution in [2.75, 3.05) is 7.11 Å². The molecule has 0 amide bonds. The summed E-state index contributed by atoms with van der Waals surface area (Å²) in [6.07, 6.45) is 0. The summed E-state index contributed by atoms with van der Waals surface area (Å²) in [4.78, 5) is 10.8. The highest BCUT2D eigenvalue weighted by atomic mass is 16.5. The molecule has 5 nitrogen and oxygen atoms in total. The Bertz CT molecular complexity index is 601. The van der Waals surface area contributed by atoms with Crippen molar-refractivity contribution >= 4 is 5.97 Å². The van der Waals surface area contributed by atoms with E-state index in [0.29, 0.717) is 17.4 Å². The number of aromatic nitrogens is 1. The van der Waals surface area contributed by atoms with Crippen molar-refractivity contribution in [1.82, 2.24) is 5.16 Å².